The van der Waals surface area contributed by atoms with Crippen LogP contribution >= 0.6 is 0 Å². The molecular formula is C6H8N. The largest absolute Gasteiger partial charge is 0.319 e. The number of hydrogen-bond acceptors (Lipinski definition) is 1. The van der Waals surface area contributed by atoms with Gasteiger partial charge in [-0.1, -0.05) is 24.3 Å². The molecule has 0 saturated carbocycles. The first-order valence-corrected chi connectivity index (χ1v) is 2.22. The molecule has 0 aromatic rings. The lowest BCUT2D eigenvalue weighted by atomic mass is 10.1. The van der Waals surface area contributed by atoms with E-state index in [2.05, 4.69) is 6.92 Å². The maximum absolute atomic E-state index is 5.49. The van der Waals surface area contributed by atoms with Gasteiger partial charge in [-0.15, -0.1) is 0 Å². The van der Waals surface area contributed by atoms with Crippen molar-refractivity contribution in [3.8, 4) is 0 Å². The molecule has 1 aliphatic carbocycles. The minimum Gasteiger partial charge on any atom is -0.319 e. The zero-order chi connectivity index (χ0) is 5.33. The summed E-state index contributed by atoms with van der Waals surface area (Å²) in [5.74, 6) is 0. The van der Waals surface area contributed by atoms with E-state index < -0.39 is 5.54 Å². The Hall–Kier alpha value is -0.560. The van der Waals surface area contributed by atoms with E-state index in [0.717, 1.165) is 0 Å². The Morgan fingerprint density at radius 3 is 1.86 bits per heavy atom. The van der Waals surface area contributed by atoms with Crippen molar-refractivity contribution in [2.24, 2.45) is 5.73 Å². The summed E-state index contributed by atoms with van der Waals surface area (Å²) in [6.45, 7) is 3.67. The zero-order valence-electron chi connectivity index (χ0n) is 4.09. The molecule has 0 fully saturated rings. The summed E-state index contributed by atoms with van der Waals surface area (Å²) in [6.07, 6.45) is 7.50. The molecule has 0 saturated heterocycles. The van der Waals surface area contributed by atoms with E-state index in [0.29, 0.717) is 0 Å². The van der Waals surface area contributed by atoms with Crippen molar-refractivity contribution >= 4 is 0 Å². The lowest BCUT2D eigenvalue weighted by Gasteiger charge is -2.08. The molecule has 0 bridgehead atoms. The molecule has 0 unspecified atom stereocenters. The predicted molar refractivity (Wildman–Crippen MR) is 30.6 cm³/mol. The Bertz CT molecular complexity index is 106. The van der Waals surface area contributed by atoms with Gasteiger partial charge in [0.2, 0.25) is 0 Å². The molecule has 0 aromatic carbocycles. The molecule has 37 valence electrons. The van der Waals surface area contributed by atoms with Crippen molar-refractivity contribution in [2.75, 3.05) is 0 Å². The molecule has 0 aliphatic heterocycles. The molecule has 1 radical (unpaired) electrons. The number of hydrogen-bond donors (Lipinski definition) is 1. The van der Waals surface area contributed by atoms with Gasteiger partial charge in [0, 0.05) is 0 Å². The molecule has 0 heterocycles. The highest BCUT2D eigenvalue weighted by molar-refractivity contribution is 5.30. The summed E-state index contributed by atoms with van der Waals surface area (Å²) in [6, 6.07) is 0. The molecule has 1 heteroatoms. The third-order valence-corrected chi connectivity index (χ3v) is 0.924. The van der Waals surface area contributed by atoms with Gasteiger partial charge in [0.15, 0.2) is 0 Å². The summed E-state index contributed by atoms with van der Waals surface area (Å²) < 4.78 is 0. The summed E-state index contributed by atoms with van der Waals surface area (Å²) in [7, 11) is 0. The highest BCUT2D eigenvalue weighted by Gasteiger charge is 2.10. The molecule has 1 nitrogen and oxygen atoms in total. The summed E-state index contributed by atoms with van der Waals surface area (Å²) in [4.78, 5) is 0. The minimum absolute atomic E-state index is 0.417. The second kappa shape index (κ2) is 1.20. The van der Waals surface area contributed by atoms with Gasteiger partial charge in [-0.25, -0.2) is 0 Å². The van der Waals surface area contributed by atoms with E-state index in [4.69, 9.17) is 5.73 Å². The van der Waals surface area contributed by atoms with Crippen LogP contribution in [-0.2, 0) is 0 Å². The van der Waals surface area contributed by atoms with Crippen molar-refractivity contribution in [3.63, 3.8) is 0 Å². The smallest absolute Gasteiger partial charge is 0.0532 e. The molecule has 0 atom stereocenters. The van der Waals surface area contributed by atoms with Crippen LogP contribution in [0.25, 0.3) is 0 Å². The van der Waals surface area contributed by atoms with Crippen LogP contribution < -0.4 is 5.73 Å². The van der Waals surface area contributed by atoms with Gasteiger partial charge in [-0.3, -0.25) is 0 Å². The van der Waals surface area contributed by atoms with Crippen LogP contribution in [0.4, 0.5) is 0 Å². The fourth-order valence-corrected chi connectivity index (χ4v) is 0.525. The van der Waals surface area contributed by atoms with E-state index in [-0.39, 0.29) is 0 Å². The summed E-state index contributed by atoms with van der Waals surface area (Å²) in [5.41, 5.74) is 5.08. The minimum atomic E-state index is -0.417. The second-order valence-corrected chi connectivity index (χ2v) is 1.83. The van der Waals surface area contributed by atoms with Crippen molar-refractivity contribution in [1.82, 2.24) is 0 Å². The fraction of sp³-hybridized carbons (Fsp3) is 0.167. The summed E-state index contributed by atoms with van der Waals surface area (Å²) in [5, 5.41) is 0. The average Bonchev–Trinajstić information content (AvgIpc) is 1.84. The third-order valence-electron chi connectivity index (χ3n) is 0.924. The Morgan fingerprint density at radius 1 is 1.29 bits per heavy atom. The normalized spacial score (nSPS) is 23.7. The SMILES string of the molecule is [CH2]C1(N)C=CC=C1. The maximum Gasteiger partial charge on any atom is 0.0532 e. The van der Waals surface area contributed by atoms with E-state index in [1.54, 1.807) is 0 Å². The van der Waals surface area contributed by atoms with E-state index in [1.165, 1.54) is 0 Å². The monoisotopic (exact) mass is 94.1 g/mol. The van der Waals surface area contributed by atoms with Crippen molar-refractivity contribution in [1.29, 1.82) is 0 Å². The van der Waals surface area contributed by atoms with Crippen LogP contribution in [0.2, 0.25) is 0 Å². The highest BCUT2D eigenvalue weighted by Crippen LogP contribution is 2.08. The lowest BCUT2D eigenvalue weighted by Crippen LogP contribution is -2.29. The van der Waals surface area contributed by atoms with Gasteiger partial charge in [0.25, 0.3) is 0 Å². The van der Waals surface area contributed by atoms with Crippen LogP contribution in [-0.4, -0.2) is 5.54 Å². The molecule has 7 heavy (non-hydrogen) atoms. The first kappa shape index (κ1) is 4.60. The van der Waals surface area contributed by atoms with Crippen LogP contribution in [0.5, 0.6) is 0 Å². The Labute approximate surface area is 43.5 Å². The Balaban J connectivity index is 2.77. The van der Waals surface area contributed by atoms with Crippen LogP contribution in [0.1, 0.15) is 0 Å². The van der Waals surface area contributed by atoms with Crippen LogP contribution in [0.3, 0.4) is 0 Å². The Kier molecular flexibility index (Phi) is 0.790. The topological polar surface area (TPSA) is 26.0 Å². The molecule has 0 amide bonds. The van der Waals surface area contributed by atoms with E-state index >= 15 is 0 Å². The van der Waals surface area contributed by atoms with E-state index in [1.807, 2.05) is 24.3 Å². The quantitative estimate of drug-likeness (QED) is 0.468. The zero-order valence-corrected chi connectivity index (χ0v) is 4.09. The molecule has 1 rings (SSSR count). The van der Waals surface area contributed by atoms with Gasteiger partial charge in [-0.2, -0.15) is 0 Å². The van der Waals surface area contributed by atoms with Gasteiger partial charge in [-0.05, 0) is 6.92 Å². The molecule has 2 N–H and O–H groups in total. The van der Waals surface area contributed by atoms with Crippen LogP contribution in [0, 0.1) is 6.92 Å². The highest BCUT2D eigenvalue weighted by atomic mass is 14.7. The summed E-state index contributed by atoms with van der Waals surface area (Å²) >= 11 is 0. The second-order valence-electron chi connectivity index (χ2n) is 1.83. The molecular weight excluding hydrogens is 86.1 g/mol. The third kappa shape index (κ3) is 0.904. The number of nitrogens with two attached hydrogens (primary N) is 1. The number of rotatable bonds is 0. The first-order valence-electron chi connectivity index (χ1n) is 2.22. The maximum atomic E-state index is 5.49. The van der Waals surface area contributed by atoms with Crippen LogP contribution in [0.15, 0.2) is 24.3 Å². The van der Waals surface area contributed by atoms with Gasteiger partial charge >= 0.3 is 0 Å². The van der Waals surface area contributed by atoms with Gasteiger partial charge < -0.3 is 5.73 Å². The molecule has 1 aliphatic rings. The lowest BCUT2D eigenvalue weighted by molar-refractivity contribution is 0.833. The fourth-order valence-electron chi connectivity index (χ4n) is 0.525. The first-order chi connectivity index (χ1) is 3.21. The van der Waals surface area contributed by atoms with Crippen molar-refractivity contribution < 1.29 is 0 Å². The Morgan fingerprint density at radius 2 is 1.71 bits per heavy atom. The number of allylic oxidation sites excluding steroid dienone is 2. The average molecular weight is 94.1 g/mol. The molecule has 0 aromatic heterocycles. The molecule has 0 spiro atoms. The standard InChI is InChI=1S/C6H8N/c1-6(7)4-2-3-5-6/h2-5H,1,7H2. The van der Waals surface area contributed by atoms with Gasteiger partial charge in [0.05, 0.1) is 5.54 Å². The predicted octanol–water partition coefficient (Wildman–Crippen LogP) is 0.644. The van der Waals surface area contributed by atoms with Gasteiger partial charge in [0.1, 0.15) is 0 Å². The van der Waals surface area contributed by atoms with Crippen molar-refractivity contribution in [2.45, 2.75) is 5.54 Å². The van der Waals surface area contributed by atoms with E-state index in [9.17, 15) is 0 Å². The van der Waals surface area contributed by atoms with Crippen molar-refractivity contribution in [3.05, 3.63) is 31.2 Å².